The predicted octanol–water partition coefficient (Wildman–Crippen LogP) is 8.14. The van der Waals surface area contributed by atoms with Crippen LogP contribution in [0, 0.1) is 0 Å². The van der Waals surface area contributed by atoms with Crippen molar-refractivity contribution in [3.05, 3.63) is 157 Å². The molecule has 0 fully saturated rings. The average Bonchev–Trinajstić information content (AvgIpc) is 2.99. The van der Waals surface area contributed by atoms with E-state index in [1.165, 1.54) is 0 Å². The number of nitrogens with one attached hydrogen (secondary N) is 1. The second-order valence-corrected chi connectivity index (χ2v) is 9.30. The average molecular weight is 525 g/mol. The Bertz CT molecular complexity index is 1590. The van der Waals surface area contributed by atoms with Crippen molar-refractivity contribution in [2.24, 2.45) is 5.73 Å². The van der Waals surface area contributed by atoms with Crippen LogP contribution in [0.4, 0.5) is 11.4 Å². The number of rotatable bonds is 10. The first-order valence-electron chi connectivity index (χ1n) is 13.3. The molecule has 0 aliphatic heterocycles. The van der Waals surface area contributed by atoms with E-state index in [1.807, 2.05) is 86.9 Å². The highest BCUT2D eigenvalue weighted by molar-refractivity contribution is 6.05. The fourth-order valence-corrected chi connectivity index (χ4v) is 4.72. The zero-order chi connectivity index (χ0) is 28.3. The van der Waals surface area contributed by atoms with Crippen molar-refractivity contribution in [2.45, 2.75) is 13.3 Å². The summed E-state index contributed by atoms with van der Waals surface area (Å²) in [5.41, 5.74) is 23.4. The smallest absolute Gasteiger partial charge is 0.0448 e. The first-order chi connectivity index (χ1) is 19.6. The van der Waals surface area contributed by atoms with Crippen LogP contribution in [-0.2, 0) is 6.42 Å². The number of aromatic nitrogens is 1. The van der Waals surface area contributed by atoms with Crippen LogP contribution in [-0.4, -0.2) is 12.0 Å². The molecule has 3 aromatic carbocycles. The largest absolute Gasteiger partial charge is 0.404 e. The van der Waals surface area contributed by atoms with Gasteiger partial charge in [-0.3, -0.25) is 4.98 Å². The lowest BCUT2D eigenvalue weighted by atomic mass is 9.91. The van der Waals surface area contributed by atoms with Gasteiger partial charge in [-0.25, -0.2) is 0 Å². The van der Waals surface area contributed by atoms with Gasteiger partial charge in [-0.05, 0) is 70.7 Å². The van der Waals surface area contributed by atoms with E-state index in [9.17, 15) is 0 Å². The highest BCUT2D eigenvalue weighted by Crippen LogP contribution is 2.34. The summed E-state index contributed by atoms with van der Waals surface area (Å²) in [6.07, 6.45) is 14.4. The number of hydrogen-bond acceptors (Lipinski definition) is 4. The van der Waals surface area contributed by atoms with Crippen LogP contribution >= 0.6 is 0 Å². The third kappa shape index (κ3) is 6.66. The van der Waals surface area contributed by atoms with Crippen molar-refractivity contribution < 1.29 is 0 Å². The van der Waals surface area contributed by atoms with Crippen molar-refractivity contribution in [3.63, 3.8) is 0 Å². The molecule has 5 N–H and O–H groups in total. The molecule has 0 aliphatic carbocycles. The van der Waals surface area contributed by atoms with E-state index < -0.39 is 0 Å². The third-order valence-corrected chi connectivity index (χ3v) is 6.63. The van der Waals surface area contributed by atoms with E-state index in [-0.39, 0.29) is 0 Å². The standard InChI is InChI=1S/C36H36N4/c1-4-11-26(12-5-2)34-23-32(40-25-36(34)28-15-9-17-30(38)21-28)19-20-33(27-13-7-6-8-14-27)35(24-37)29-16-10-18-31(22-29)39-3/h4-18,20-25,39H,1,19,37-38H2,2-3H3/b12-5-,26-11+,33-20-,35-24-. The molecule has 0 saturated carbocycles. The summed E-state index contributed by atoms with van der Waals surface area (Å²) < 4.78 is 0. The van der Waals surface area contributed by atoms with Gasteiger partial charge in [-0.1, -0.05) is 91.6 Å². The van der Waals surface area contributed by atoms with Crippen LogP contribution in [0.2, 0.25) is 0 Å². The lowest BCUT2D eigenvalue weighted by Crippen LogP contribution is -1.99. The summed E-state index contributed by atoms with van der Waals surface area (Å²) >= 11 is 0. The minimum absolute atomic E-state index is 0.620. The molecule has 1 heterocycles. The van der Waals surface area contributed by atoms with Crippen molar-refractivity contribution in [1.82, 2.24) is 4.98 Å². The fourth-order valence-electron chi connectivity index (χ4n) is 4.72. The zero-order valence-electron chi connectivity index (χ0n) is 23.1. The SMILES string of the molecule is C=C/C=C(\C=C/C)c1cc(C/C=C(\C(=C/N)c2cccc(NC)c2)c2ccccc2)ncc1-c1cccc(N)c1. The van der Waals surface area contributed by atoms with Gasteiger partial charge in [0, 0.05) is 54.1 Å². The van der Waals surface area contributed by atoms with Crippen LogP contribution in [0.25, 0.3) is 27.8 Å². The van der Waals surface area contributed by atoms with E-state index in [2.05, 4.69) is 60.4 Å². The summed E-state index contributed by atoms with van der Waals surface area (Å²) in [6.45, 7) is 5.94. The van der Waals surface area contributed by atoms with Gasteiger partial charge in [0.25, 0.3) is 0 Å². The zero-order valence-corrected chi connectivity index (χ0v) is 23.1. The second-order valence-electron chi connectivity index (χ2n) is 9.30. The van der Waals surface area contributed by atoms with Crippen LogP contribution < -0.4 is 16.8 Å². The number of nitrogen functional groups attached to an aromatic ring is 1. The molecule has 0 amide bonds. The Labute approximate surface area is 237 Å². The van der Waals surface area contributed by atoms with Crippen LogP contribution in [0.5, 0.6) is 0 Å². The molecule has 0 radical (unpaired) electrons. The lowest BCUT2D eigenvalue weighted by molar-refractivity contribution is 1.11. The number of nitrogens with zero attached hydrogens (tertiary/aromatic N) is 1. The van der Waals surface area contributed by atoms with Gasteiger partial charge in [0.2, 0.25) is 0 Å². The number of allylic oxidation sites excluding steroid dienone is 8. The number of hydrogen-bond donors (Lipinski definition) is 3. The molecule has 4 nitrogen and oxygen atoms in total. The van der Waals surface area contributed by atoms with E-state index in [0.29, 0.717) is 12.1 Å². The van der Waals surface area contributed by atoms with Gasteiger partial charge >= 0.3 is 0 Å². The fraction of sp³-hybridized carbons (Fsp3) is 0.0833. The molecule has 4 rings (SSSR count). The molecule has 0 bridgehead atoms. The van der Waals surface area contributed by atoms with Crippen molar-refractivity contribution in [1.29, 1.82) is 0 Å². The Morgan fingerprint density at radius 3 is 2.40 bits per heavy atom. The molecule has 0 unspecified atom stereocenters. The van der Waals surface area contributed by atoms with E-state index >= 15 is 0 Å². The molecule has 0 atom stereocenters. The molecular weight excluding hydrogens is 488 g/mol. The maximum absolute atomic E-state index is 6.26. The summed E-state index contributed by atoms with van der Waals surface area (Å²) in [7, 11) is 1.92. The summed E-state index contributed by atoms with van der Waals surface area (Å²) in [4.78, 5) is 4.88. The molecule has 40 heavy (non-hydrogen) atoms. The highest BCUT2D eigenvalue weighted by Gasteiger charge is 2.14. The minimum Gasteiger partial charge on any atom is -0.404 e. The van der Waals surface area contributed by atoms with Crippen molar-refractivity contribution in [3.8, 4) is 11.1 Å². The van der Waals surface area contributed by atoms with Gasteiger partial charge in [-0.15, -0.1) is 0 Å². The molecule has 0 saturated heterocycles. The van der Waals surface area contributed by atoms with Crippen LogP contribution in [0.3, 0.4) is 0 Å². The Morgan fingerprint density at radius 2 is 1.70 bits per heavy atom. The summed E-state index contributed by atoms with van der Waals surface area (Å²) in [6, 6.07) is 28.6. The maximum Gasteiger partial charge on any atom is 0.0448 e. The normalized spacial score (nSPS) is 12.5. The van der Waals surface area contributed by atoms with Crippen molar-refractivity contribution >= 4 is 28.1 Å². The van der Waals surface area contributed by atoms with Crippen LogP contribution in [0.15, 0.2) is 134 Å². The summed E-state index contributed by atoms with van der Waals surface area (Å²) in [5.74, 6) is 0. The second kappa shape index (κ2) is 13.6. The monoisotopic (exact) mass is 524 g/mol. The van der Waals surface area contributed by atoms with Gasteiger partial charge in [0.1, 0.15) is 0 Å². The molecule has 200 valence electrons. The summed E-state index contributed by atoms with van der Waals surface area (Å²) in [5, 5.41) is 3.22. The predicted molar refractivity (Wildman–Crippen MR) is 173 cm³/mol. The molecule has 0 spiro atoms. The molecule has 0 aliphatic rings. The molecule has 4 aromatic rings. The number of benzene rings is 3. The molecule has 1 aromatic heterocycles. The highest BCUT2D eigenvalue weighted by atomic mass is 14.8. The Hall–Kier alpha value is -5.09. The minimum atomic E-state index is 0.620. The first-order valence-corrected chi connectivity index (χ1v) is 13.3. The topological polar surface area (TPSA) is 77.0 Å². The van der Waals surface area contributed by atoms with Gasteiger partial charge < -0.3 is 16.8 Å². The van der Waals surface area contributed by atoms with Crippen LogP contribution in [0.1, 0.15) is 29.3 Å². The number of pyridine rings is 1. The first kappa shape index (κ1) is 27.9. The third-order valence-electron chi connectivity index (χ3n) is 6.63. The maximum atomic E-state index is 6.26. The van der Waals surface area contributed by atoms with E-state index in [1.54, 1.807) is 6.20 Å². The molecule has 4 heteroatoms. The lowest BCUT2D eigenvalue weighted by Gasteiger charge is -2.15. The molecular formula is C36H36N4. The van der Waals surface area contributed by atoms with Gasteiger partial charge in [-0.2, -0.15) is 0 Å². The quantitative estimate of drug-likeness (QED) is 0.144. The number of anilines is 2. The van der Waals surface area contributed by atoms with Crippen molar-refractivity contribution in [2.75, 3.05) is 18.1 Å². The Kier molecular flexibility index (Phi) is 9.52. The van der Waals surface area contributed by atoms with Gasteiger partial charge in [0.05, 0.1) is 0 Å². The number of nitrogens with two attached hydrogens (primary N) is 2. The van der Waals surface area contributed by atoms with E-state index in [0.717, 1.165) is 55.9 Å². The Morgan fingerprint density at radius 1 is 0.925 bits per heavy atom. The van der Waals surface area contributed by atoms with Gasteiger partial charge in [0.15, 0.2) is 0 Å². The Balaban J connectivity index is 1.82. The van der Waals surface area contributed by atoms with E-state index in [4.69, 9.17) is 16.5 Å².